The molecule has 0 spiro atoms. The van der Waals surface area contributed by atoms with Crippen molar-refractivity contribution in [1.82, 2.24) is 9.78 Å². The highest BCUT2D eigenvalue weighted by molar-refractivity contribution is 5.69. The second kappa shape index (κ2) is 4.13. The topological polar surface area (TPSA) is 70.1 Å². The first-order valence-electron chi connectivity index (χ1n) is 4.48. The number of hydrogen-bond acceptors (Lipinski definition) is 4. The van der Waals surface area contributed by atoms with Gasteiger partial charge in [-0.15, -0.1) is 0 Å². The quantitative estimate of drug-likeness (QED) is 0.725. The Bertz CT molecular complexity index is 331. The Hall–Kier alpha value is -1.52. The maximum Gasteiger partial charge on any atom is 0.328 e. The maximum absolute atomic E-state index is 11.2. The van der Waals surface area contributed by atoms with Gasteiger partial charge in [0.1, 0.15) is 12.4 Å². The normalized spacial score (nSPS) is 10.6. The SMILES string of the molecule is Cc1cc(N)n(CC(=O)OC(C)C)n1. The van der Waals surface area contributed by atoms with Crippen LogP contribution in [-0.2, 0) is 16.1 Å². The van der Waals surface area contributed by atoms with Crippen LogP contribution in [0.3, 0.4) is 0 Å². The number of esters is 1. The summed E-state index contributed by atoms with van der Waals surface area (Å²) in [5.74, 6) is 0.151. The molecule has 0 aliphatic heterocycles. The molecule has 78 valence electrons. The first kappa shape index (κ1) is 10.6. The summed E-state index contributed by atoms with van der Waals surface area (Å²) in [6.45, 7) is 5.49. The minimum atomic E-state index is -0.324. The Labute approximate surface area is 82.8 Å². The van der Waals surface area contributed by atoms with Crippen molar-refractivity contribution in [3.63, 3.8) is 0 Å². The molecule has 2 N–H and O–H groups in total. The molecule has 0 atom stereocenters. The predicted molar refractivity (Wildman–Crippen MR) is 52.6 cm³/mol. The number of nitrogens with zero attached hydrogens (tertiary/aromatic N) is 2. The lowest BCUT2D eigenvalue weighted by Gasteiger charge is -2.08. The molecule has 0 aliphatic carbocycles. The molecule has 0 saturated heterocycles. The highest BCUT2D eigenvalue weighted by Crippen LogP contribution is 2.05. The monoisotopic (exact) mass is 197 g/mol. The molecule has 1 aromatic heterocycles. The zero-order valence-electron chi connectivity index (χ0n) is 8.65. The Morgan fingerprint density at radius 3 is 2.79 bits per heavy atom. The molecule has 14 heavy (non-hydrogen) atoms. The third-order valence-electron chi connectivity index (χ3n) is 1.58. The van der Waals surface area contributed by atoms with Crippen LogP contribution in [0.25, 0.3) is 0 Å². The number of ether oxygens (including phenoxy) is 1. The summed E-state index contributed by atoms with van der Waals surface area (Å²) in [4.78, 5) is 11.2. The van der Waals surface area contributed by atoms with E-state index in [-0.39, 0.29) is 18.6 Å². The van der Waals surface area contributed by atoms with Gasteiger partial charge in [0.15, 0.2) is 0 Å². The Balaban J connectivity index is 2.60. The van der Waals surface area contributed by atoms with Gasteiger partial charge in [-0.3, -0.25) is 4.79 Å². The molecule has 5 heteroatoms. The van der Waals surface area contributed by atoms with E-state index in [1.165, 1.54) is 4.68 Å². The van der Waals surface area contributed by atoms with Gasteiger partial charge < -0.3 is 10.5 Å². The van der Waals surface area contributed by atoms with Crippen LogP contribution in [-0.4, -0.2) is 21.9 Å². The largest absolute Gasteiger partial charge is 0.462 e. The average molecular weight is 197 g/mol. The van der Waals surface area contributed by atoms with Crippen LogP contribution in [0.5, 0.6) is 0 Å². The Kier molecular flexibility index (Phi) is 3.11. The fraction of sp³-hybridized carbons (Fsp3) is 0.556. The minimum Gasteiger partial charge on any atom is -0.462 e. The van der Waals surface area contributed by atoms with E-state index in [9.17, 15) is 4.79 Å². The first-order chi connectivity index (χ1) is 6.49. The highest BCUT2D eigenvalue weighted by atomic mass is 16.5. The lowest BCUT2D eigenvalue weighted by Crippen LogP contribution is -2.19. The minimum absolute atomic E-state index is 0.0673. The summed E-state index contributed by atoms with van der Waals surface area (Å²) in [5.41, 5.74) is 6.40. The molecule has 0 fully saturated rings. The number of rotatable bonds is 3. The van der Waals surface area contributed by atoms with Crippen molar-refractivity contribution < 1.29 is 9.53 Å². The summed E-state index contributed by atoms with van der Waals surface area (Å²) in [6, 6.07) is 1.71. The Morgan fingerprint density at radius 1 is 1.71 bits per heavy atom. The fourth-order valence-corrected chi connectivity index (χ4v) is 1.11. The number of nitrogens with two attached hydrogens (primary N) is 1. The van der Waals surface area contributed by atoms with E-state index in [1.54, 1.807) is 19.9 Å². The van der Waals surface area contributed by atoms with Crippen LogP contribution in [0.15, 0.2) is 6.07 Å². The smallest absolute Gasteiger partial charge is 0.328 e. The molecule has 0 aliphatic rings. The summed E-state index contributed by atoms with van der Waals surface area (Å²) in [6.07, 6.45) is -0.111. The molecule has 0 saturated carbocycles. The predicted octanol–water partition coefficient (Wildman–Crippen LogP) is 0.725. The Morgan fingerprint density at radius 2 is 2.36 bits per heavy atom. The summed E-state index contributed by atoms with van der Waals surface area (Å²) < 4.78 is 6.39. The number of aromatic nitrogens is 2. The molecule has 5 nitrogen and oxygen atoms in total. The average Bonchev–Trinajstić information content (AvgIpc) is 2.28. The molecule has 1 aromatic rings. The third kappa shape index (κ3) is 2.76. The van der Waals surface area contributed by atoms with E-state index in [2.05, 4.69) is 5.10 Å². The van der Waals surface area contributed by atoms with Crippen molar-refractivity contribution in [1.29, 1.82) is 0 Å². The number of hydrogen-bond donors (Lipinski definition) is 1. The summed E-state index contributed by atoms with van der Waals surface area (Å²) in [5, 5.41) is 4.05. The lowest BCUT2D eigenvalue weighted by atomic mass is 10.5. The van der Waals surface area contributed by atoms with Gasteiger partial charge in [0.2, 0.25) is 0 Å². The fourth-order valence-electron chi connectivity index (χ4n) is 1.11. The van der Waals surface area contributed by atoms with Gasteiger partial charge in [0, 0.05) is 6.07 Å². The van der Waals surface area contributed by atoms with Crippen molar-refractivity contribution in [3.05, 3.63) is 11.8 Å². The van der Waals surface area contributed by atoms with Crippen LogP contribution in [0.4, 0.5) is 5.82 Å². The van der Waals surface area contributed by atoms with Gasteiger partial charge in [0.05, 0.1) is 11.8 Å². The first-order valence-corrected chi connectivity index (χ1v) is 4.48. The molecule has 1 rings (SSSR count). The zero-order valence-corrected chi connectivity index (χ0v) is 8.65. The molecule has 1 heterocycles. The van der Waals surface area contributed by atoms with Crippen molar-refractivity contribution in [2.45, 2.75) is 33.4 Å². The summed E-state index contributed by atoms with van der Waals surface area (Å²) >= 11 is 0. The summed E-state index contributed by atoms with van der Waals surface area (Å²) in [7, 11) is 0. The van der Waals surface area contributed by atoms with Gasteiger partial charge in [0.25, 0.3) is 0 Å². The van der Waals surface area contributed by atoms with E-state index in [4.69, 9.17) is 10.5 Å². The van der Waals surface area contributed by atoms with Gasteiger partial charge in [-0.2, -0.15) is 5.10 Å². The molecule has 0 radical (unpaired) electrons. The molecular weight excluding hydrogens is 182 g/mol. The zero-order chi connectivity index (χ0) is 10.7. The molecule has 0 bridgehead atoms. The van der Waals surface area contributed by atoms with Crippen LogP contribution in [0, 0.1) is 6.92 Å². The number of carbonyl (C=O) groups is 1. The molecule has 0 amide bonds. The number of carbonyl (C=O) groups excluding carboxylic acids is 1. The lowest BCUT2D eigenvalue weighted by molar-refractivity contribution is -0.148. The van der Waals surface area contributed by atoms with Crippen molar-refractivity contribution in [3.8, 4) is 0 Å². The number of nitrogen functional groups attached to an aromatic ring is 1. The second-order valence-corrected chi connectivity index (χ2v) is 3.41. The maximum atomic E-state index is 11.2. The van der Waals surface area contributed by atoms with Crippen LogP contribution in [0.1, 0.15) is 19.5 Å². The van der Waals surface area contributed by atoms with Crippen LogP contribution in [0.2, 0.25) is 0 Å². The molecule has 0 unspecified atom stereocenters. The van der Waals surface area contributed by atoms with E-state index < -0.39 is 0 Å². The number of anilines is 1. The van der Waals surface area contributed by atoms with E-state index in [0.29, 0.717) is 5.82 Å². The second-order valence-electron chi connectivity index (χ2n) is 3.41. The highest BCUT2D eigenvalue weighted by Gasteiger charge is 2.09. The van der Waals surface area contributed by atoms with Gasteiger partial charge in [-0.05, 0) is 20.8 Å². The van der Waals surface area contributed by atoms with Crippen LogP contribution >= 0.6 is 0 Å². The standard InChI is InChI=1S/C9H15N3O2/c1-6(2)14-9(13)5-12-8(10)4-7(3)11-12/h4,6H,5,10H2,1-3H3. The van der Waals surface area contributed by atoms with Crippen LogP contribution < -0.4 is 5.73 Å². The van der Waals surface area contributed by atoms with Gasteiger partial charge in [-0.25, -0.2) is 4.68 Å². The van der Waals surface area contributed by atoms with E-state index in [1.807, 2.05) is 6.92 Å². The molecular formula is C9H15N3O2. The van der Waals surface area contributed by atoms with Crippen molar-refractivity contribution >= 4 is 11.8 Å². The van der Waals surface area contributed by atoms with E-state index >= 15 is 0 Å². The number of aryl methyl sites for hydroxylation is 1. The molecule has 0 aromatic carbocycles. The third-order valence-corrected chi connectivity index (χ3v) is 1.58. The van der Waals surface area contributed by atoms with E-state index in [0.717, 1.165) is 5.69 Å². The van der Waals surface area contributed by atoms with Crippen molar-refractivity contribution in [2.24, 2.45) is 0 Å². The van der Waals surface area contributed by atoms with Crippen molar-refractivity contribution in [2.75, 3.05) is 5.73 Å². The van der Waals surface area contributed by atoms with Gasteiger partial charge >= 0.3 is 5.97 Å². The van der Waals surface area contributed by atoms with Gasteiger partial charge in [-0.1, -0.05) is 0 Å².